The molecule has 9 nitrogen and oxygen atoms in total. The lowest BCUT2D eigenvalue weighted by atomic mass is 9.85. The molecule has 0 radical (unpaired) electrons. The Kier molecular flexibility index (Phi) is 15.1. The Morgan fingerprint density at radius 2 is 1.84 bits per heavy atom. The van der Waals surface area contributed by atoms with Gasteiger partial charge in [0.25, 0.3) is 0 Å². The number of unbranched alkanes of at least 4 members (excludes halogenated alkanes) is 1. The zero-order valence-electron chi connectivity index (χ0n) is 32.3. The smallest absolute Gasteiger partial charge is 0.305 e. The quantitative estimate of drug-likeness (QED) is 0.0416. The van der Waals surface area contributed by atoms with E-state index in [-0.39, 0.29) is 24.4 Å². The summed E-state index contributed by atoms with van der Waals surface area (Å²) in [5.74, 6) is 0.518. The molecule has 6 rings (SSSR count). The Hall–Kier alpha value is -4.28. The lowest BCUT2D eigenvalue weighted by Crippen LogP contribution is -2.26. The van der Waals surface area contributed by atoms with E-state index in [0.717, 1.165) is 61.3 Å². The van der Waals surface area contributed by atoms with Crippen molar-refractivity contribution in [2.45, 2.75) is 102 Å². The number of aryl methyl sites for hydroxylation is 2. The fraction of sp³-hybridized carbons (Fsp3) is 0.478. The van der Waals surface area contributed by atoms with E-state index in [4.69, 9.17) is 9.47 Å². The average Bonchev–Trinajstić information content (AvgIpc) is 3.75. The van der Waals surface area contributed by atoms with Gasteiger partial charge in [0.15, 0.2) is 0 Å². The van der Waals surface area contributed by atoms with Crippen LogP contribution in [-0.4, -0.2) is 81.8 Å². The molecule has 1 saturated heterocycles. The van der Waals surface area contributed by atoms with E-state index >= 15 is 0 Å². The fourth-order valence-corrected chi connectivity index (χ4v) is 8.25. The van der Waals surface area contributed by atoms with Crippen LogP contribution in [0.5, 0.6) is 5.75 Å². The van der Waals surface area contributed by atoms with E-state index in [1.54, 1.807) is 0 Å². The molecule has 1 saturated carbocycles. The number of aliphatic hydroxyl groups is 3. The van der Waals surface area contributed by atoms with Crippen LogP contribution in [0.15, 0.2) is 97.3 Å². The fourth-order valence-electron chi connectivity index (χ4n) is 8.25. The number of anilines is 1. The van der Waals surface area contributed by atoms with E-state index in [0.29, 0.717) is 57.6 Å². The number of fused-ring (bicyclic) bond motifs is 1. The van der Waals surface area contributed by atoms with Gasteiger partial charge in [-0.05, 0) is 111 Å². The van der Waals surface area contributed by atoms with Gasteiger partial charge in [-0.3, -0.25) is 14.7 Å². The van der Waals surface area contributed by atoms with Crippen LogP contribution in [0.3, 0.4) is 0 Å². The lowest BCUT2D eigenvalue weighted by molar-refractivity contribution is -0.144. The first-order chi connectivity index (χ1) is 26.8. The molecule has 0 unspecified atom stereocenters. The first-order valence-electron chi connectivity index (χ1n) is 20.2. The van der Waals surface area contributed by atoms with Crippen molar-refractivity contribution in [1.29, 1.82) is 0 Å². The van der Waals surface area contributed by atoms with Gasteiger partial charge in [-0.1, -0.05) is 66.7 Å². The number of aliphatic hydroxyl groups excluding tert-OH is 3. The zero-order chi connectivity index (χ0) is 38.4. The maximum atomic E-state index is 12.4. The molecule has 1 aliphatic carbocycles. The molecule has 0 spiro atoms. The molecule has 6 atom stereocenters. The molecule has 4 N–H and O–H groups in total. The number of benzene rings is 3. The van der Waals surface area contributed by atoms with Crippen molar-refractivity contribution >= 4 is 22.4 Å². The molecule has 3 aromatic carbocycles. The van der Waals surface area contributed by atoms with Crippen molar-refractivity contribution in [3.63, 3.8) is 0 Å². The number of hydrogen-bond donors (Lipinski definition) is 4. The predicted molar refractivity (Wildman–Crippen MR) is 218 cm³/mol. The third-order valence-corrected chi connectivity index (χ3v) is 11.4. The molecule has 1 aromatic heterocycles. The molecule has 2 heterocycles. The standard InChI is InChI=1S/C46H59N3O6/c1-33-16-17-35(31-49-25-23-37(32-49)48-42-14-9-12-36-30-47-24-22-39(36)42)28-45(33)54-26-27-55-46(53)15-8-3-2-7-13-40-41(44(52)29-43(40)51)21-20-38(50)19-18-34-10-5-4-6-11-34/h2,4-7,9-12,14,16-17,22,24,28,30,37-38,40-41,43-44,48,50-52H,3,8,13,15,18-21,23,25-27,29,31-32H2,1H3/b7-2+/t37-,38+,40-,41-,43+,44-/m1/s1. The van der Waals surface area contributed by atoms with Crippen LogP contribution in [0.2, 0.25) is 0 Å². The second-order valence-corrected chi connectivity index (χ2v) is 15.5. The summed E-state index contributed by atoms with van der Waals surface area (Å²) in [6.07, 6.45) is 13.0. The number of pyridine rings is 1. The van der Waals surface area contributed by atoms with Crippen molar-refractivity contribution in [3.05, 3.63) is 114 Å². The Morgan fingerprint density at radius 1 is 0.982 bits per heavy atom. The summed E-state index contributed by atoms with van der Waals surface area (Å²) in [7, 11) is 0. The second kappa shape index (κ2) is 20.6. The topological polar surface area (TPSA) is 124 Å². The maximum Gasteiger partial charge on any atom is 0.305 e. The van der Waals surface area contributed by atoms with Crippen LogP contribution in [0.1, 0.15) is 74.5 Å². The van der Waals surface area contributed by atoms with Crippen molar-refractivity contribution in [3.8, 4) is 5.75 Å². The first kappa shape index (κ1) is 40.4. The molecule has 9 heteroatoms. The van der Waals surface area contributed by atoms with Gasteiger partial charge in [0.2, 0.25) is 0 Å². The van der Waals surface area contributed by atoms with Crippen molar-refractivity contribution in [1.82, 2.24) is 9.88 Å². The van der Waals surface area contributed by atoms with Crippen LogP contribution in [0, 0.1) is 18.8 Å². The number of nitrogens with one attached hydrogen (secondary N) is 1. The minimum absolute atomic E-state index is 0.0312. The van der Waals surface area contributed by atoms with Crippen molar-refractivity contribution < 1.29 is 29.6 Å². The number of likely N-dealkylation sites (tertiary alicyclic amines) is 1. The molecule has 0 amide bonds. The number of carbonyl (C=O) groups excluding carboxylic acids is 1. The van der Waals surface area contributed by atoms with Crippen molar-refractivity contribution in [2.24, 2.45) is 11.8 Å². The Bertz CT molecular complexity index is 1810. The van der Waals surface area contributed by atoms with Gasteiger partial charge in [-0.15, -0.1) is 0 Å². The summed E-state index contributed by atoms with van der Waals surface area (Å²) in [6, 6.07) is 25.3. The second-order valence-electron chi connectivity index (χ2n) is 15.5. The molecule has 0 bridgehead atoms. The number of nitrogens with zero attached hydrogens (tertiary/aromatic N) is 2. The Labute approximate surface area is 326 Å². The van der Waals surface area contributed by atoms with Gasteiger partial charge in [0.05, 0.1) is 18.3 Å². The molecular weight excluding hydrogens is 691 g/mol. The predicted octanol–water partition coefficient (Wildman–Crippen LogP) is 7.40. The first-order valence-corrected chi connectivity index (χ1v) is 20.2. The zero-order valence-corrected chi connectivity index (χ0v) is 32.3. The number of hydrogen-bond acceptors (Lipinski definition) is 9. The molecule has 294 valence electrons. The number of esters is 1. The molecule has 2 aliphatic rings. The SMILES string of the molecule is Cc1ccc(CN2CC[C@@H](Nc3cccc4cnccc34)C2)cc1OCCOC(=O)CCC/C=C/C[C@@H]1[C@@H](CC[C@@H](O)CCc2ccccc2)[C@H](O)C[C@@H]1O. The highest BCUT2D eigenvalue weighted by atomic mass is 16.6. The number of aromatic nitrogens is 1. The highest BCUT2D eigenvalue weighted by Crippen LogP contribution is 2.38. The summed E-state index contributed by atoms with van der Waals surface area (Å²) in [5.41, 5.74) is 4.62. The summed E-state index contributed by atoms with van der Waals surface area (Å²) < 4.78 is 11.5. The van der Waals surface area contributed by atoms with Crippen molar-refractivity contribution in [2.75, 3.05) is 31.6 Å². The lowest BCUT2D eigenvalue weighted by Gasteiger charge is -2.23. The van der Waals surface area contributed by atoms with E-state index < -0.39 is 18.3 Å². The van der Waals surface area contributed by atoms with E-state index in [9.17, 15) is 20.1 Å². The summed E-state index contributed by atoms with van der Waals surface area (Å²) in [4.78, 5) is 19.1. The Balaban J connectivity index is 0.838. The number of allylic oxidation sites excluding steroid dienone is 2. The molecular formula is C46H59N3O6. The Morgan fingerprint density at radius 3 is 2.71 bits per heavy atom. The van der Waals surface area contributed by atoms with Crippen LogP contribution in [0.4, 0.5) is 5.69 Å². The van der Waals surface area contributed by atoms with Crippen LogP contribution >= 0.6 is 0 Å². The summed E-state index contributed by atoms with van der Waals surface area (Å²) >= 11 is 0. The van der Waals surface area contributed by atoms with Gasteiger partial charge in [-0.2, -0.15) is 0 Å². The van der Waals surface area contributed by atoms with Crippen LogP contribution in [0.25, 0.3) is 10.8 Å². The highest BCUT2D eigenvalue weighted by molar-refractivity contribution is 5.93. The van der Waals surface area contributed by atoms with E-state index in [1.165, 1.54) is 16.5 Å². The van der Waals surface area contributed by atoms with E-state index in [2.05, 4.69) is 82.0 Å². The molecule has 2 fully saturated rings. The summed E-state index contributed by atoms with van der Waals surface area (Å²) in [5, 5.41) is 37.9. The minimum atomic E-state index is -0.548. The largest absolute Gasteiger partial charge is 0.490 e. The highest BCUT2D eigenvalue weighted by Gasteiger charge is 2.40. The number of ether oxygens (including phenoxy) is 2. The third kappa shape index (κ3) is 12.1. The molecule has 4 aromatic rings. The minimum Gasteiger partial charge on any atom is -0.490 e. The van der Waals surface area contributed by atoms with Crippen LogP contribution < -0.4 is 10.1 Å². The van der Waals surface area contributed by atoms with Gasteiger partial charge in [0, 0.05) is 61.0 Å². The van der Waals surface area contributed by atoms with E-state index in [1.807, 2.05) is 37.5 Å². The van der Waals surface area contributed by atoms with Crippen LogP contribution in [-0.2, 0) is 22.5 Å². The van der Waals surface area contributed by atoms with Gasteiger partial charge < -0.3 is 30.1 Å². The average molecular weight is 750 g/mol. The van der Waals surface area contributed by atoms with Gasteiger partial charge in [-0.25, -0.2) is 0 Å². The monoisotopic (exact) mass is 749 g/mol. The number of carbonyl (C=O) groups is 1. The molecule has 1 aliphatic heterocycles. The summed E-state index contributed by atoms with van der Waals surface area (Å²) in [6.45, 7) is 5.37. The maximum absolute atomic E-state index is 12.4. The third-order valence-electron chi connectivity index (χ3n) is 11.4. The molecule has 55 heavy (non-hydrogen) atoms. The number of rotatable bonds is 20. The normalized spacial score (nSPS) is 22.0. The van der Waals surface area contributed by atoms with Gasteiger partial charge in [0.1, 0.15) is 19.0 Å². The van der Waals surface area contributed by atoms with Gasteiger partial charge >= 0.3 is 5.97 Å².